The van der Waals surface area contributed by atoms with Gasteiger partial charge in [-0.1, -0.05) is 33.8 Å². The number of carbonyl (C=O) groups is 1. The summed E-state index contributed by atoms with van der Waals surface area (Å²) in [4.78, 5) is 10.4. The van der Waals surface area contributed by atoms with Crippen molar-refractivity contribution in [3.63, 3.8) is 0 Å². The van der Waals surface area contributed by atoms with E-state index in [1.54, 1.807) is 0 Å². The highest BCUT2D eigenvalue weighted by Gasteiger charge is 2.12. The minimum atomic E-state index is -0.818. The molecule has 0 fully saturated rings. The van der Waals surface area contributed by atoms with E-state index in [1.807, 2.05) is 20.8 Å². The summed E-state index contributed by atoms with van der Waals surface area (Å²) in [7, 11) is 0. The second-order valence-corrected chi connectivity index (χ2v) is 2.05. The van der Waals surface area contributed by atoms with Crippen molar-refractivity contribution in [1.29, 1.82) is 0 Å². The molecule has 3 heteroatoms. The highest BCUT2D eigenvalue weighted by molar-refractivity contribution is 5.73. The maximum Gasteiger partial charge on any atom is 0.326 e. The van der Waals surface area contributed by atoms with Crippen molar-refractivity contribution in [1.82, 2.24) is 5.32 Å². The van der Waals surface area contributed by atoms with Crippen LogP contribution in [0.1, 0.15) is 33.6 Å². The van der Waals surface area contributed by atoms with Crippen molar-refractivity contribution < 1.29 is 9.90 Å². The number of hydrogen-bond donors (Lipinski definition) is 2. The standard InChI is InChI=1S/C7H13NO2.C2H6/c1-3-5-6(7(9)10)8-4-2;1-2/h4,6,8H,2-3,5H2,1H3,(H,9,10);1-2H3/t6-;/m0./s1. The smallest absolute Gasteiger partial charge is 0.326 e. The summed E-state index contributed by atoms with van der Waals surface area (Å²) in [6, 6.07) is -0.470. The second kappa shape index (κ2) is 10.0. The van der Waals surface area contributed by atoms with Crippen LogP contribution in [0.15, 0.2) is 12.8 Å². The van der Waals surface area contributed by atoms with Gasteiger partial charge in [-0.15, -0.1) is 0 Å². The molecular weight excluding hydrogens is 154 g/mol. The van der Waals surface area contributed by atoms with E-state index in [2.05, 4.69) is 11.9 Å². The molecule has 0 aromatic carbocycles. The fourth-order valence-electron chi connectivity index (χ4n) is 0.709. The minimum Gasteiger partial charge on any atom is -0.480 e. The van der Waals surface area contributed by atoms with Crippen LogP contribution in [0.3, 0.4) is 0 Å². The lowest BCUT2D eigenvalue weighted by Crippen LogP contribution is -2.32. The molecule has 0 amide bonds. The average molecular weight is 173 g/mol. The normalized spacial score (nSPS) is 10.6. The first kappa shape index (κ1) is 13.6. The van der Waals surface area contributed by atoms with Crippen LogP contribution < -0.4 is 5.32 Å². The van der Waals surface area contributed by atoms with Crippen LogP contribution in [0, 0.1) is 0 Å². The third-order valence-corrected chi connectivity index (χ3v) is 1.19. The minimum absolute atomic E-state index is 0.470. The molecule has 0 aromatic rings. The maximum absolute atomic E-state index is 10.4. The van der Waals surface area contributed by atoms with E-state index in [0.717, 1.165) is 6.42 Å². The Bertz CT molecular complexity index is 124. The first-order valence-electron chi connectivity index (χ1n) is 4.32. The third kappa shape index (κ3) is 7.12. The Labute approximate surface area is 74.5 Å². The lowest BCUT2D eigenvalue weighted by atomic mass is 10.2. The van der Waals surface area contributed by atoms with Crippen LogP contribution in [0.5, 0.6) is 0 Å². The van der Waals surface area contributed by atoms with Crippen molar-refractivity contribution in [2.45, 2.75) is 39.7 Å². The van der Waals surface area contributed by atoms with Gasteiger partial charge in [0.05, 0.1) is 0 Å². The Balaban J connectivity index is 0. The van der Waals surface area contributed by atoms with Crippen molar-refractivity contribution in [3.8, 4) is 0 Å². The van der Waals surface area contributed by atoms with Crippen molar-refractivity contribution in [2.24, 2.45) is 0 Å². The molecule has 0 rings (SSSR count). The molecule has 1 atom stereocenters. The van der Waals surface area contributed by atoms with Gasteiger partial charge in [0.2, 0.25) is 0 Å². The van der Waals surface area contributed by atoms with Gasteiger partial charge >= 0.3 is 5.97 Å². The molecule has 0 saturated carbocycles. The Morgan fingerprint density at radius 2 is 2.17 bits per heavy atom. The molecule has 72 valence electrons. The van der Waals surface area contributed by atoms with E-state index in [4.69, 9.17) is 5.11 Å². The number of carboxylic acids is 1. The van der Waals surface area contributed by atoms with Gasteiger partial charge in [0.1, 0.15) is 6.04 Å². The van der Waals surface area contributed by atoms with E-state index < -0.39 is 12.0 Å². The molecule has 0 saturated heterocycles. The summed E-state index contributed by atoms with van der Waals surface area (Å²) in [6.45, 7) is 9.34. The molecule has 2 N–H and O–H groups in total. The summed E-state index contributed by atoms with van der Waals surface area (Å²) in [5.41, 5.74) is 0. The summed E-state index contributed by atoms with van der Waals surface area (Å²) >= 11 is 0. The maximum atomic E-state index is 10.4. The van der Waals surface area contributed by atoms with Gasteiger partial charge in [0, 0.05) is 0 Å². The fourth-order valence-corrected chi connectivity index (χ4v) is 0.709. The lowest BCUT2D eigenvalue weighted by molar-refractivity contribution is -0.139. The summed E-state index contributed by atoms with van der Waals surface area (Å²) in [5, 5.41) is 11.2. The Morgan fingerprint density at radius 1 is 1.67 bits per heavy atom. The summed E-state index contributed by atoms with van der Waals surface area (Å²) in [6.07, 6.45) is 2.91. The summed E-state index contributed by atoms with van der Waals surface area (Å²) < 4.78 is 0. The Hall–Kier alpha value is -0.990. The SMILES string of the molecule is C=CN[C@@H](CCC)C(=O)O.CC. The summed E-state index contributed by atoms with van der Waals surface area (Å²) in [5.74, 6) is -0.818. The number of aliphatic carboxylic acids is 1. The van der Waals surface area contributed by atoms with Gasteiger partial charge in [0.25, 0.3) is 0 Å². The van der Waals surface area contributed by atoms with Crippen LogP contribution in [0.4, 0.5) is 0 Å². The second-order valence-electron chi connectivity index (χ2n) is 2.05. The average Bonchev–Trinajstić information content (AvgIpc) is 2.08. The van der Waals surface area contributed by atoms with E-state index in [1.165, 1.54) is 6.20 Å². The number of rotatable bonds is 5. The fraction of sp³-hybridized carbons (Fsp3) is 0.667. The van der Waals surface area contributed by atoms with Gasteiger partial charge in [-0.05, 0) is 12.6 Å². The van der Waals surface area contributed by atoms with Gasteiger partial charge in [-0.25, -0.2) is 4.79 Å². The molecule has 0 aliphatic carbocycles. The van der Waals surface area contributed by atoms with Gasteiger partial charge in [-0.2, -0.15) is 0 Å². The molecule has 3 nitrogen and oxygen atoms in total. The molecule has 0 radical (unpaired) electrons. The van der Waals surface area contributed by atoms with E-state index in [9.17, 15) is 4.79 Å². The first-order chi connectivity index (χ1) is 5.72. The highest BCUT2D eigenvalue weighted by Crippen LogP contribution is 1.95. The van der Waals surface area contributed by atoms with Crippen LogP contribution >= 0.6 is 0 Å². The van der Waals surface area contributed by atoms with E-state index >= 15 is 0 Å². The van der Waals surface area contributed by atoms with Crippen LogP contribution in [0.2, 0.25) is 0 Å². The molecule has 0 aliphatic rings. The zero-order valence-corrected chi connectivity index (χ0v) is 8.13. The van der Waals surface area contributed by atoms with Gasteiger partial charge in [-0.3, -0.25) is 0 Å². The van der Waals surface area contributed by atoms with Crippen LogP contribution in [-0.2, 0) is 4.79 Å². The number of nitrogens with one attached hydrogen (secondary N) is 1. The Morgan fingerprint density at radius 3 is 2.42 bits per heavy atom. The number of hydrogen-bond acceptors (Lipinski definition) is 2. The largest absolute Gasteiger partial charge is 0.480 e. The predicted molar refractivity (Wildman–Crippen MR) is 51.0 cm³/mol. The van der Waals surface area contributed by atoms with E-state index in [-0.39, 0.29) is 0 Å². The zero-order valence-electron chi connectivity index (χ0n) is 8.13. The highest BCUT2D eigenvalue weighted by atomic mass is 16.4. The molecule has 0 unspecified atom stereocenters. The molecule has 0 bridgehead atoms. The monoisotopic (exact) mass is 173 g/mol. The molecule has 0 heterocycles. The topological polar surface area (TPSA) is 49.3 Å². The molecule has 0 aromatic heterocycles. The molecular formula is C9H19NO2. The molecule has 0 aliphatic heterocycles. The first-order valence-corrected chi connectivity index (χ1v) is 4.32. The Kier molecular flexibility index (Phi) is 11.3. The van der Waals surface area contributed by atoms with Gasteiger partial charge < -0.3 is 10.4 Å². The van der Waals surface area contributed by atoms with E-state index in [0.29, 0.717) is 6.42 Å². The van der Waals surface area contributed by atoms with Crippen molar-refractivity contribution >= 4 is 5.97 Å². The molecule has 12 heavy (non-hydrogen) atoms. The number of carboxylic acid groups (broad SMARTS) is 1. The zero-order chi connectivity index (χ0) is 9.98. The van der Waals surface area contributed by atoms with Crippen molar-refractivity contribution in [2.75, 3.05) is 0 Å². The third-order valence-electron chi connectivity index (χ3n) is 1.19. The quantitative estimate of drug-likeness (QED) is 0.668. The van der Waals surface area contributed by atoms with Crippen LogP contribution in [0.25, 0.3) is 0 Å². The van der Waals surface area contributed by atoms with Crippen LogP contribution in [-0.4, -0.2) is 17.1 Å². The molecule has 0 spiro atoms. The lowest BCUT2D eigenvalue weighted by Gasteiger charge is -2.09. The van der Waals surface area contributed by atoms with Crippen molar-refractivity contribution in [3.05, 3.63) is 12.8 Å². The van der Waals surface area contributed by atoms with Gasteiger partial charge in [0.15, 0.2) is 0 Å². The predicted octanol–water partition coefficient (Wildman–Crippen LogP) is 2.00.